The monoisotopic (exact) mass is 440 g/mol. The first kappa shape index (κ1) is 22.2. The first-order valence-electron chi connectivity index (χ1n) is 9.58. The van der Waals surface area contributed by atoms with Crippen LogP contribution in [0.4, 0.5) is 11.4 Å². The molecule has 0 saturated heterocycles. The third-order valence-corrected chi connectivity index (χ3v) is 5.86. The molecule has 2 N–H and O–H groups in total. The van der Waals surface area contributed by atoms with E-state index in [-0.39, 0.29) is 10.8 Å². The van der Waals surface area contributed by atoms with Gasteiger partial charge in [0, 0.05) is 17.4 Å². The fraction of sp³-hybridized carbons (Fsp3) is 0.174. The zero-order valence-electron chi connectivity index (χ0n) is 17.5. The highest BCUT2D eigenvalue weighted by atomic mass is 32.2. The Hall–Kier alpha value is -3.52. The summed E-state index contributed by atoms with van der Waals surface area (Å²) in [6.45, 7) is 3.55. The molecule has 0 radical (unpaired) electrons. The molecule has 0 bridgehead atoms. The molecular formula is C23H24N2O5S. The van der Waals surface area contributed by atoms with E-state index in [1.54, 1.807) is 50.4 Å². The number of carbonyl (C=O) groups excluding carboxylic acids is 1. The molecule has 1 atom stereocenters. The van der Waals surface area contributed by atoms with Gasteiger partial charge in [0.05, 0.1) is 12.0 Å². The topological polar surface area (TPSA) is 93.7 Å². The number of ether oxygens (including phenoxy) is 2. The predicted molar refractivity (Wildman–Crippen MR) is 120 cm³/mol. The molecule has 0 unspecified atom stereocenters. The van der Waals surface area contributed by atoms with Gasteiger partial charge in [0.25, 0.3) is 15.9 Å². The highest BCUT2D eigenvalue weighted by molar-refractivity contribution is 7.92. The van der Waals surface area contributed by atoms with E-state index in [0.29, 0.717) is 22.9 Å². The maximum Gasteiger partial charge on any atom is 0.265 e. The second kappa shape index (κ2) is 9.53. The Morgan fingerprint density at radius 1 is 0.903 bits per heavy atom. The number of amides is 1. The van der Waals surface area contributed by atoms with Gasteiger partial charge in [-0.1, -0.05) is 23.8 Å². The molecule has 31 heavy (non-hydrogen) atoms. The first-order valence-corrected chi connectivity index (χ1v) is 11.1. The van der Waals surface area contributed by atoms with Crippen LogP contribution in [0.2, 0.25) is 0 Å². The summed E-state index contributed by atoms with van der Waals surface area (Å²) in [6.07, 6.45) is -0.765. The quantitative estimate of drug-likeness (QED) is 0.547. The van der Waals surface area contributed by atoms with Gasteiger partial charge in [-0.15, -0.1) is 0 Å². The van der Waals surface area contributed by atoms with Crippen LogP contribution < -0.4 is 19.5 Å². The molecule has 0 saturated carbocycles. The molecule has 3 aromatic carbocycles. The largest absolute Gasteiger partial charge is 0.497 e. The third kappa shape index (κ3) is 5.99. The highest BCUT2D eigenvalue weighted by Crippen LogP contribution is 2.21. The molecule has 0 aliphatic carbocycles. The molecule has 162 valence electrons. The maximum atomic E-state index is 12.6. The Balaban J connectivity index is 1.62. The van der Waals surface area contributed by atoms with Crippen LogP contribution in [0.5, 0.6) is 11.5 Å². The molecular weight excluding hydrogens is 416 g/mol. The Morgan fingerprint density at radius 2 is 1.52 bits per heavy atom. The van der Waals surface area contributed by atoms with Gasteiger partial charge in [-0.25, -0.2) is 8.42 Å². The Labute approximate surface area is 182 Å². The van der Waals surface area contributed by atoms with E-state index in [4.69, 9.17) is 9.47 Å². The van der Waals surface area contributed by atoms with Crippen LogP contribution in [0, 0.1) is 6.92 Å². The maximum absolute atomic E-state index is 12.6. The molecule has 1 amide bonds. The van der Waals surface area contributed by atoms with Gasteiger partial charge in [-0.2, -0.15) is 0 Å². The van der Waals surface area contributed by atoms with E-state index in [2.05, 4.69) is 10.0 Å². The summed E-state index contributed by atoms with van der Waals surface area (Å²) in [7, 11) is -2.18. The van der Waals surface area contributed by atoms with Crippen LogP contribution in [-0.2, 0) is 14.8 Å². The van der Waals surface area contributed by atoms with Crippen LogP contribution in [0.1, 0.15) is 12.5 Å². The number of aryl methyl sites for hydroxylation is 1. The van der Waals surface area contributed by atoms with E-state index in [1.807, 2.05) is 19.1 Å². The summed E-state index contributed by atoms with van der Waals surface area (Å²) in [6, 6.07) is 19.9. The van der Waals surface area contributed by atoms with Gasteiger partial charge in [-0.05, 0) is 62.4 Å². The number of sulfonamides is 1. The van der Waals surface area contributed by atoms with Crippen LogP contribution in [-0.4, -0.2) is 27.5 Å². The molecule has 8 heteroatoms. The lowest BCUT2D eigenvalue weighted by atomic mass is 10.2. The molecule has 7 nitrogen and oxygen atoms in total. The number of anilines is 2. The van der Waals surface area contributed by atoms with E-state index < -0.39 is 16.1 Å². The molecule has 3 rings (SSSR count). The van der Waals surface area contributed by atoms with Crippen LogP contribution in [0.3, 0.4) is 0 Å². The summed E-state index contributed by atoms with van der Waals surface area (Å²) in [5.41, 5.74) is 1.97. The molecule has 0 aromatic heterocycles. The minimum Gasteiger partial charge on any atom is -0.497 e. The Morgan fingerprint density at radius 3 is 2.16 bits per heavy atom. The van der Waals surface area contributed by atoms with Crippen molar-refractivity contribution in [3.05, 3.63) is 78.4 Å². The SMILES string of the molecule is COc1cccc(O[C@@H](C)C(=O)Nc2ccc(S(=O)(=O)Nc3ccc(C)cc3)cc2)c1. The van der Waals surface area contributed by atoms with Gasteiger partial charge in [-0.3, -0.25) is 9.52 Å². The predicted octanol–water partition coefficient (Wildman–Crippen LogP) is 4.21. The number of nitrogens with one attached hydrogen (secondary N) is 2. The van der Waals surface area contributed by atoms with Gasteiger partial charge in [0.2, 0.25) is 0 Å². The standard InChI is InChI=1S/C23H24N2O5S/c1-16-7-9-19(10-8-16)25-31(27,28)22-13-11-18(12-14-22)24-23(26)17(2)30-21-6-4-5-20(15-21)29-3/h4-15,17,25H,1-3H3,(H,24,26)/t17-/m0/s1. The van der Waals surface area contributed by atoms with E-state index in [1.165, 1.54) is 24.3 Å². The van der Waals surface area contributed by atoms with Crippen molar-refractivity contribution in [2.75, 3.05) is 17.1 Å². The second-order valence-electron chi connectivity index (χ2n) is 6.92. The minimum absolute atomic E-state index is 0.0896. The summed E-state index contributed by atoms with van der Waals surface area (Å²) < 4.78 is 38.4. The Bertz CT molecular complexity index is 1140. The van der Waals surface area contributed by atoms with Crippen molar-refractivity contribution >= 4 is 27.3 Å². The van der Waals surface area contributed by atoms with Crippen LogP contribution >= 0.6 is 0 Å². The molecule has 3 aromatic rings. The average molecular weight is 441 g/mol. The first-order chi connectivity index (χ1) is 14.8. The average Bonchev–Trinajstić information content (AvgIpc) is 2.75. The van der Waals surface area contributed by atoms with Crippen LogP contribution in [0.25, 0.3) is 0 Å². The van der Waals surface area contributed by atoms with Crippen molar-refractivity contribution in [1.82, 2.24) is 0 Å². The lowest BCUT2D eigenvalue weighted by molar-refractivity contribution is -0.122. The third-order valence-electron chi connectivity index (χ3n) is 4.46. The zero-order valence-corrected chi connectivity index (χ0v) is 18.3. The van der Waals surface area contributed by atoms with E-state index >= 15 is 0 Å². The smallest absolute Gasteiger partial charge is 0.265 e. The number of hydrogen-bond acceptors (Lipinski definition) is 5. The summed E-state index contributed by atoms with van der Waals surface area (Å²) in [5, 5.41) is 2.71. The Kier molecular flexibility index (Phi) is 6.81. The molecule has 0 heterocycles. The second-order valence-corrected chi connectivity index (χ2v) is 8.61. The van der Waals surface area contributed by atoms with Gasteiger partial charge >= 0.3 is 0 Å². The number of methoxy groups -OCH3 is 1. The van der Waals surface area contributed by atoms with Crippen molar-refractivity contribution < 1.29 is 22.7 Å². The molecule has 0 aliphatic heterocycles. The highest BCUT2D eigenvalue weighted by Gasteiger charge is 2.17. The number of rotatable bonds is 8. The number of hydrogen-bond donors (Lipinski definition) is 2. The van der Waals surface area contributed by atoms with Crippen molar-refractivity contribution in [3.63, 3.8) is 0 Å². The molecule has 0 aliphatic rings. The number of carbonyl (C=O) groups is 1. The van der Waals surface area contributed by atoms with Crippen LogP contribution in [0.15, 0.2) is 77.7 Å². The minimum atomic E-state index is -3.73. The molecule has 0 spiro atoms. The van der Waals surface area contributed by atoms with E-state index in [9.17, 15) is 13.2 Å². The summed E-state index contributed by atoms with van der Waals surface area (Å²) in [4.78, 5) is 12.5. The fourth-order valence-electron chi connectivity index (χ4n) is 2.73. The lowest BCUT2D eigenvalue weighted by Crippen LogP contribution is -2.30. The zero-order chi connectivity index (χ0) is 22.4. The summed E-state index contributed by atoms with van der Waals surface area (Å²) >= 11 is 0. The fourth-order valence-corrected chi connectivity index (χ4v) is 3.79. The summed E-state index contributed by atoms with van der Waals surface area (Å²) in [5.74, 6) is 0.767. The van der Waals surface area contributed by atoms with Crippen molar-refractivity contribution in [2.24, 2.45) is 0 Å². The van der Waals surface area contributed by atoms with Crippen molar-refractivity contribution in [1.29, 1.82) is 0 Å². The lowest BCUT2D eigenvalue weighted by Gasteiger charge is -2.15. The van der Waals surface area contributed by atoms with E-state index in [0.717, 1.165) is 5.56 Å². The molecule has 0 fully saturated rings. The van der Waals surface area contributed by atoms with Gasteiger partial charge in [0.1, 0.15) is 11.5 Å². The van der Waals surface area contributed by atoms with Crippen molar-refractivity contribution in [3.8, 4) is 11.5 Å². The van der Waals surface area contributed by atoms with Crippen molar-refractivity contribution in [2.45, 2.75) is 24.8 Å². The normalized spacial score (nSPS) is 12.0. The van der Waals surface area contributed by atoms with Gasteiger partial charge < -0.3 is 14.8 Å². The number of benzene rings is 3. The van der Waals surface area contributed by atoms with Gasteiger partial charge in [0.15, 0.2) is 6.10 Å².